The van der Waals surface area contributed by atoms with E-state index in [1.165, 1.54) is 0 Å². The van der Waals surface area contributed by atoms with Crippen LogP contribution in [0.4, 0.5) is 0 Å². The van der Waals surface area contributed by atoms with Crippen LogP contribution < -0.4 is 5.32 Å². The Morgan fingerprint density at radius 1 is 1.67 bits per heavy atom. The molecule has 0 aliphatic rings. The molecule has 0 amide bonds. The van der Waals surface area contributed by atoms with Crippen molar-refractivity contribution in [2.45, 2.75) is 0 Å². The van der Waals surface area contributed by atoms with Crippen LogP contribution in [-0.4, -0.2) is 24.2 Å². The summed E-state index contributed by atoms with van der Waals surface area (Å²) in [4.78, 5) is 9.85. The number of carbonyl (C=O) groups is 1. The van der Waals surface area contributed by atoms with Crippen LogP contribution in [0.15, 0.2) is 11.6 Å². The molecule has 0 atom stereocenters. The van der Waals surface area contributed by atoms with Gasteiger partial charge in [-0.15, -0.1) is 0 Å². The van der Waals surface area contributed by atoms with Gasteiger partial charge in [0.05, 0.1) is 6.54 Å². The summed E-state index contributed by atoms with van der Waals surface area (Å²) >= 11 is 5.31. The molecule has 0 heterocycles. The van der Waals surface area contributed by atoms with Crippen LogP contribution in [0.1, 0.15) is 0 Å². The summed E-state index contributed by atoms with van der Waals surface area (Å²) in [5.41, 5.74) is 0. The molecular formula is C5H8ClNO2. The van der Waals surface area contributed by atoms with E-state index in [4.69, 9.17) is 16.7 Å². The largest absolute Gasteiger partial charge is 0.480 e. The van der Waals surface area contributed by atoms with E-state index in [-0.39, 0.29) is 6.54 Å². The highest BCUT2D eigenvalue weighted by Gasteiger charge is 1.93. The predicted octanol–water partition coefficient (Wildman–Crippen LogP) is 0.413. The Morgan fingerprint density at radius 2 is 2.22 bits per heavy atom. The van der Waals surface area contributed by atoms with E-state index in [2.05, 4.69) is 11.9 Å². The minimum Gasteiger partial charge on any atom is -0.480 e. The molecule has 0 aromatic carbocycles. The van der Waals surface area contributed by atoms with Gasteiger partial charge in [-0.3, -0.25) is 4.79 Å². The van der Waals surface area contributed by atoms with Crippen LogP contribution in [0.3, 0.4) is 0 Å². The SMILES string of the molecule is C=C(Cl)CNCC(=O)O. The fourth-order valence-corrected chi connectivity index (χ4v) is 0.400. The summed E-state index contributed by atoms with van der Waals surface area (Å²) in [6.45, 7) is 3.63. The molecule has 2 N–H and O–H groups in total. The number of halogens is 1. The average Bonchev–Trinajstić information content (AvgIpc) is 1.63. The molecule has 0 fully saturated rings. The average molecular weight is 150 g/mol. The number of rotatable bonds is 4. The van der Waals surface area contributed by atoms with E-state index in [0.717, 1.165) is 0 Å². The second kappa shape index (κ2) is 4.35. The molecule has 0 aliphatic heterocycles. The molecule has 0 bridgehead atoms. The van der Waals surface area contributed by atoms with E-state index in [1.54, 1.807) is 0 Å². The monoisotopic (exact) mass is 149 g/mol. The molecule has 0 aromatic rings. The van der Waals surface area contributed by atoms with Gasteiger partial charge >= 0.3 is 5.97 Å². The van der Waals surface area contributed by atoms with Gasteiger partial charge in [-0.2, -0.15) is 0 Å². The van der Waals surface area contributed by atoms with Crippen LogP contribution in [-0.2, 0) is 4.79 Å². The molecule has 9 heavy (non-hydrogen) atoms. The topological polar surface area (TPSA) is 49.3 Å². The Bertz CT molecular complexity index is 110. The van der Waals surface area contributed by atoms with Crippen molar-refractivity contribution >= 4 is 17.6 Å². The normalized spacial score (nSPS) is 9.00. The first-order chi connectivity index (χ1) is 4.13. The van der Waals surface area contributed by atoms with Gasteiger partial charge in [-0.05, 0) is 0 Å². The van der Waals surface area contributed by atoms with Gasteiger partial charge < -0.3 is 10.4 Å². The van der Waals surface area contributed by atoms with Gasteiger partial charge in [-0.1, -0.05) is 18.2 Å². The smallest absolute Gasteiger partial charge is 0.317 e. The number of hydrogen-bond acceptors (Lipinski definition) is 2. The summed E-state index contributed by atoms with van der Waals surface area (Å²) in [5, 5.41) is 11.1. The Kier molecular flexibility index (Phi) is 4.09. The van der Waals surface area contributed by atoms with Crippen molar-refractivity contribution in [3.63, 3.8) is 0 Å². The summed E-state index contributed by atoms with van der Waals surface area (Å²) in [6, 6.07) is 0. The first-order valence-electron chi connectivity index (χ1n) is 2.38. The number of aliphatic carboxylic acids is 1. The third kappa shape index (κ3) is 7.46. The fourth-order valence-electron chi connectivity index (χ4n) is 0.305. The lowest BCUT2D eigenvalue weighted by molar-refractivity contribution is -0.135. The number of carboxylic acid groups (broad SMARTS) is 1. The highest BCUT2D eigenvalue weighted by Crippen LogP contribution is 1.90. The maximum absolute atomic E-state index is 9.85. The maximum Gasteiger partial charge on any atom is 0.317 e. The zero-order chi connectivity index (χ0) is 7.28. The van der Waals surface area contributed by atoms with Gasteiger partial charge in [0.1, 0.15) is 0 Å². The minimum atomic E-state index is -0.895. The molecule has 0 spiro atoms. The van der Waals surface area contributed by atoms with Crippen molar-refractivity contribution in [2.24, 2.45) is 0 Å². The third-order valence-electron chi connectivity index (χ3n) is 0.593. The lowest BCUT2D eigenvalue weighted by Gasteiger charge is -1.96. The van der Waals surface area contributed by atoms with Crippen molar-refractivity contribution in [3.05, 3.63) is 11.6 Å². The second-order valence-corrected chi connectivity index (χ2v) is 2.05. The zero-order valence-corrected chi connectivity index (χ0v) is 5.61. The first kappa shape index (κ1) is 8.46. The molecule has 0 saturated heterocycles. The van der Waals surface area contributed by atoms with Gasteiger partial charge in [0, 0.05) is 11.6 Å². The standard InChI is InChI=1S/C5H8ClNO2/c1-4(6)2-7-3-5(8)9/h7H,1-3H2,(H,8,9). The first-order valence-corrected chi connectivity index (χ1v) is 2.76. The molecule has 4 heteroatoms. The molecule has 0 radical (unpaired) electrons. The molecule has 0 aromatic heterocycles. The Balaban J connectivity index is 3.10. The quantitative estimate of drug-likeness (QED) is 0.609. The Morgan fingerprint density at radius 3 is 2.56 bits per heavy atom. The minimum absolute atomic E-state index is 0.0776. The van der Waals surface area contributed by atoms with Crippen LogP contribution >= 0.6 is 11.6 Å². The third-order valence-corrected chi connectivity index (χ3v) is 0.727. The maximum atomic E-state index is 9.85. The summed E-state index contributed by atoms with van der Waals surface area (Å²) in [5.74, 6) is -0.895. The highest BCUT2D eigenvalue weighted by atomic mass is 35.5. The Labute approximate surface area is 58.3 Å². The van der Waals surface area contributed by atoms with Crippen molar-refractivity contribution < 1.29 is 9.90 Å². The van der Waals surface area contributed by atoms with Crippen LogP contribution in [0, 0.1) is 0 Å². The number of hydrogen-bond donors (Lipinski definition) is 2. The van der Waals surface area contributed by atoms with Crippen LogP contribution in [0.25, 0.3) is 0 Å². The van der Waals surface area contributed by atoms with Crippen molar-refractivity contribution in [1.29, 1.82) is 0 Å². The molecule has 0 aliphatic carbocycles. The van der Waals surface area contributed by atoms with Gasteiger partial charge in [0.25, 0.3) is 0 Å². The van der Waals surface area contributed by atoms with Gasteiger partial charge in [0.2, 0.25) is 0 Å². The summed E-state index contributed by atoms with van der Waals surface area (Å²) in [7, 11) is 0. The Hall–Kier alpha value is -0.540. The summed E-state index contributed by atoms with van der Waals surface area (Å²) < 4.78 is 0. The molecule has 3 nitrogen and oxygen atoms in total. The highest BCUT2D eigenvalue weighted by molar-refractivity contribution is 6.29. The van der Waals surface area contributed by atoms with Gasteiger partial charge in [-0.25, -0.2) is 0 Å². The van der Waals surface area contributed by atoms with E-state index < -0.39 is 5.97 Å². The number of carboxylic acids is 1. The lowest BCUT2D eigenvalue weighted by atomic mass is 10.5. The zero-order valence-electron chi connectivity index (χ0n) is 4.85. The van der Waals surface area contributed by atoms with E-state index in [1.807, 2.05) is 0 Å². The lowest BCUT2D eigenvalue weighted by Crippen LogP contribution is -2.23. The van der Waals surface area contributed by atoms with Crippen molar-refractivity contribution in [3.8, 4) is 0 Å². The summed E-state index contributed by atoms with van der Waals surface area (Å²) in [6.07, 6.45) is 0. The van der Waals surface area contributed by atoms with Crippen LogP contribution in [0.2, 0.25) is 0 Å². The van der Waals surface area contributed by atoms with Crippen molar-refractivity contribution in [1.82, 2.24) is 5.32 Å². The molecular weight excluding hydrogens is 142 g/mol. The predicted molar refractivity (Wildman–Crippen MR) is 35.5 cm³/mol. The van der Waals surface area contributed by atoms with Crippen molar-refractivity contribution in [2.75, 3.05) is 13.1 Å². The molecule has 0 unspecified atom stereocenters. The number of nitrogens with one attached hydrogen (secondary N) is 1. The van der Waals surface area contributed by atoms with Gasteiger partial charge in [0.15, 0.2) is 0 Å². The second-order valence-electron chi connectivity index (χ2n) is 1.51. The molecule has 0 saturated carbocycles. The van der Waals surface area contributed by atoms with E-state index >= 15 is 0 Å². The van der Waals surface area contributed by atoms with E-state index in [9.17, 15) is 4.79 Å². The fraction of sp³-hybridized carbons (Fsp3) is 0.400. The van der Waals surface area contributed by atoms with Crippen LogP contribution in [0.5, 0.6) is 0 Å². The van der Waals surface area contributed by atoms with E-state index in [0.29, 0.717) is 11.6 Å². The molecule has 52 valence electrons. The molecule has 0 rings (SSSR count).